The minimum atomic E-state index is -2.99. The molecule has 0 amide bonds. The maximum atomic E-state index is 12.7. The van der Waals surface area contributed by atoms with E-state index >= 15 is 0 Å². The average molecular weight is 262 g/mol. The quantitative estimate of drug-likeness (QED) is 0.466. The minimum absolute atomic E-state index is 0.591. The second-order valence-electron chi connectivity index (χ2n) is 2.99. The van der Waals surface area contributed by atoms with Crippen LogP contribution in [0.4, 0.5) is 14.6 Å². The molecule has 0 saturated carbocycles. The number of carbonyl (C=O) groups excluding carboxylic acids is 1. The lowest BCUT2D eigenvalue weighted by atomic mass is 10.1. The number of halogens is 2. The van der Waals surface area contributed by atoms with Crippen LogP contribution in [0, 0.1) is 10.1 Å². The largest absolute Gasteiger partial charge is 0.495 e. The van der Waals surface area contributed by atoms with Gasteiger partial charge in [0.2, 0.25) is 0 Å². The maximum absolute atomic E-state index is 12.7. The van der Waals surface area contributed by atoms with Gasteiger partial charge in [0.1, 0.15) is 5.56 Å². The van der Waals surface area contributed by atoms with Crippen molar-refractivity contribution in [2.24, 2.45) is 0 Å². The molecule has 0 aliphatic carbocycles. The number of carbonyl (C=O) groups is 1. The molecule has 0 fully saturated rings. The molecular weight excluding hydrogens is 254 g/mol. The van der Waals surface area contributed by atoms with Gasteiger partial charge in [-0.3, -0.25) is 0 Å². The van der Waals surface area contributed by atoms with Gasteiger partial charge in [0.15, 0.2) is 17.5 Å². The normalized spacial score (nSPS) is 10.3. The van der Waals surface area contributed by atoms with Crippen molar-refractivity contribution in [3.8, 4) is 5.75 Å². The van der Waals surface area contributed by atoms with Crippen LogP contribution in [0.2, 0.25) is 0 Å². The molecule has 1 heterocycles. The first-order chi connectivity index (χ1) is 8.43. The smallest absolute Gasteiger partial charge is 0.382 e. The summed E-state index contributed by atoms with van der Waals surface area (Å²) in [7, 11) is 1.97. The van der Waals surface area contributed by atoms with Gasteiger partial charge in [-0.15, -0.1) is 0 Å². The Bertz CT molecular complexity index is 492. The standard InChI is InChI=1S/C9H8F2N2O5/c1-17-6-4(7(10)11)3-12-8(13(15)16)5(6)9(14)18-2/h3,7H,1-2H3. The van der Waals surface area contributed by atoms with Gasteiger partial charge in [-0.05, 0) is 9.91 Å². The summed E-state index contributed by atoms with van der Waals surface area (Å²) < 4.78 is 34.2. The van der Waals surface area contributed by atoms with Gasteiger partial charge in [-0.25, -0.2) is 13.6 Å². The molecule has 0 radical (unpaired) electrons. The number of rotatable bonds is 4. The number of ether oxygens (including phenoxy) is 2. The van der Waals surface area contributed by atoms with Crippen LogP contribution >= 0.6 is 0 Å². The lowest BCUT2D eigenvalue weighted by Gasteiger charge is -2.10. The second kappa shape index (κ2) is 5.34. The molecule has 0 aliphatic heterocycles. The first kappa shape index (κ1) is 13.7. The topological polar surface area (TPSA) is 91.6 Å². The molecule has 0 N–H and O–H groups in total. The van der Waals surface area contributed by atoms with Crippen molar-refractivity contribution >= 4 is 11.8 Å². The molecule has 7 nitrogen and oxygen atoms in total. The lowest BCUT2D eigenvalue weighted by molar-refractivity contribution is -0.390. The van der Waals surface area contributed by atoms with E-state index in [2.05, 4.69) is 14.5 Å². The molecular formula is C9H8F2N2O5. The minimum Gasteiger partial charge on any atom is -0.495 e. The molecule has 0 spiro atoms. The summed E-state index contributed by atoms with van der Waals surface area (Å²) in [4.78, 5) is 24.3. The van der Waals surface area contributed by atoms with E-state index in [9.17, 15) is 23.7 Å². The van der Waals surface area contributed by atoms with Crippen LogP contribution in [0.15, 0.2) is 6.20 Å². The number of hydrogen-bond acceptors (Lipinski definition) is 6. The highest BCUT2D eigenvalue weighted by molar-refractivity contribution is 5.96. The Morgan fingerprint density at radius 2 is 2.11 bits per heavy atom. The number of methoxy groups -OCH3 is 2. The summed E-state index contributed by atoms with van der Waals surface area (Å²) >= 11 is 0. The van der Waals surface area contributed by atoms with E-state index in [1.165, 1.54) is 0 Å². The van der Waals surface area contributed by atoms with Crippen LogP contribution < -0.4 is 4.74 Å². The lowest BCUT2D eigenvalue weighted by Crippen LogP contribution is -2.11. The van der Waals surface area contributed by atoms with Crippen LogP contribution in [-0.2, 0) is 4.74 Å². The Morgan fingerprint density at radius 3 is 2.50 bits per heavy atom. The van der Waals surface area contributed by atoms with Crippen LogP contribution in [0.3, 0.4) is 0 Å². The number of nitrogens with zero attached hydrogens (tertiary/aromatic N) is 2. The molecule has 9 heteroatoms. The third-order valence-electron chi connectivity index (χ3n) is 2.04. The van der Waals surface area contributed by atoms with E-state index in [0.717, 1.165) is 14.2 Å². The van der Waals surface area contributed by atoms with Crippen LogP contribution in [0.25, 0.3) is 0 Å². The fraction of sp³-hybridized carbons (Fsp3) is 0.333. The zero-order valence-electron chi connectivity index (χ0n) is 9.35. The molecule has 0 saturated heterocycles. The van der Waals surface area contributed by atoms with E-state index in [1.807, 2.05) is 0 Å². The van der Waals surface area contributed by atoms with E-state index in [0.29, 0.717) is 6.20 Å². The molecule has 0 unspecified atom stereocenters. The summed E-state index contributed by atoms with van der Waals surface area (Å²) in [5.41, 5.74) is -1.45. The molecule has 1 aromatic heterocycles. The van der Waals surface area contributed by atoms with Crippen molar-refractivity contribution in [3.63, 3.8) is 0 Å². The highest BCUT2D eigenvalue weighted by Crippen LogP contribution is 2.35. The Hall–Kier alpha value is -2.32. The van der Waals surface area contributed by atoms with Gasteiger partial charge in [-0.1, -0.05) is 0 Å². The van der Waals surface area contributed by atoms with Crippen molar-refractivity contribution in [2.75, 3.05) is 14.2 Å². The van der Waals surface area contributed by atoms with Crippen LogP contribution in [0.5, 0.6) is 5.75 Å². The summed E-state index contributed by atoms with van der Waals surface area (Å²) in [6.07, 6.45) is -2.40. The fourth-order valence-corrected chi connectivity index (χ4v) is 1.30. The Labute approximate surface area is 99.5 Å². The number of alkyl halides is 2. The number of aromatic nitrogens is 1. The fourth-order valence-electron chi connectivity index (χ4n) is 1.30. The van der Waals surface area contributed by atoms with E-state index in [4.69, 9.17) is 0 Å². The predicted octanol–water partition coefficient (Wildman–Crippen LogP) is 1.72. The molecule has 0 atom stereocenters. The van der Waals surface area contributed by atoms with Crippen molar-refractivity contribution < 1.29 is 28.0 Å². The van der Waals surface area contributed by atoms with Gasteiger partial charge in [0.05, 0.1) is 14.2 Å². The molecule has 1 rings (SSSR count). The van der Waals surface area contributed by atoms with E-state index < -0.39 is 40.0 Å². The zero-order chi connectivity index (χ0) is 13.9. The Kier molecular flexibility index (Phi) is 4.08. The third-order valence-corrected chi connectivity index (χ3v) is 2.04. The molecule has 0 bridgehead atoms. The van der Waals surface area contributed by atoms with Crippen molar-refractivity contribution in [3.05, 3.63) is 27.4 Å². The molecule has 0 aliphatic rings. The van der Waals surface area contributed by atoms with Gasteiger partial charge in [0.25, 0.3) is 6.43 Å². The van der Waals surface area contributed by atoms with Crippen molar-refractivity contribution in [2.45, 2.75) is 6.43 Å². The van der Waals surface area contributed by atoms with Crippen LogP contribution in [0.1, 0.15) is 22.3 Å². The number of esters is 1. The first-order valence-electron chi connectivity index (χ1n) is 4.51. The van der Waals surface area contributed by atoms with Crippen LogP contribution in [-0.4, -0.2) is 30.1 Å². The monoisotopic (exact) mass is 262 g/mol. The summed E-state index contributed by atoms with van der Waals surface area (Å²) in [5, 5.41) is 10.7. The van der Waals surface area contributed by atoms with E-state index in [-0.39, 0.29) is 0 Å². The highest BCUT2D eigenvalue weighted by atomic mass is 19.3. The molecule has 98 valence electrons. The average Bonchev–Trinajstić information content (AvgIpc) is 2.35. The SMILES string of the molecule is COC(=O)c1c([N+](=O)[O-])ncc(C(F)F)c1OC. The summed E-state index contributed by atoms with van der Waals surface area (Å²) in [6, 6.07) is 0. The van der Waals surface area contributed by atoms with Gasteiger partial charge < -0.3 is 19.6 Å². The molecule has 18 heavy (non-hydrogen) atoms. The second-order valence-corrected chi connectivity index (χ2v) is 2.99. The number of nitro groups is 1. The summed E-state index contributed by atoms with van der Waals surface area (Å²) in [6.45, 7) is 0. The Morgan fingerprint density at radius 1 is 1.50 bits per heavy atom. The first-order valence-corrected chi connectivity index (χ1v) is 4.51. The van der Waals surface area contributed by atoms with Crippen molar-refractivity contribution in [1.29, 1.82) is 0 Å². The predicted molar refractivity (Wildman–Crippen MR) is 53.7 cm³/mol. The van der Waals surface area contributed by atoms with E-state index in [1.54, 1.807) is 0 Å². The summed E-state index contributed by atoms with van der Waals surface area (Å²) in [5.74, 6) is -2.69. The maximum Gasteiger partial charge on any atom is 0.382 e. The number of hydrogen-bond donors (Lipinski definition) is 0. The zero-order valence-corrected chi connectivity index (χ0v) is 9.35. The van der Waals surface area contributed by atoms with Crippen molar-refractivity contribution in [1.82, 2.24) is 4.98 Å². The number of pyridine rings is 1. The molecule has 1 aromatic rings. The van der Waals surface area contributed by atoms with Gasteiger partial charge in [-0.2, -0.15) is 0 Å². The Balaban J connectivity index is 3.61. The third kappa shape index (κ3) is 2.34. The van der Waals surface area contributed by atoms with Gasteiger partial charge >= 0.3 is 11.8 Å². The molecule has 0 aromatic carbocycles. The highest BCUT2D eigenvalue weighted by Gasteiger charge is 2.32. The van der Waals surface area contributed by atoms with Gasteiger partial charge in [0, 0.05) is 0 Å².